The summed E-state index contributed by atoms with van der Waals surface area (Å²) in [6.07, 6.45) is 0. The van der Waals surface area contributed by atoms with Crippen LogP contribution in [-0.4, -0.2) is 30.0 Å². The Kier molecular flexibility index (Phi) is 3.09. The molecule has 0 aromatic rings. The Balaban J connectivity index is 4.73. The van der Waals surface area contributed by atoms with Crippen LogP contribution >= 0.6 is 0 Å². The molecule has 4 heteroatoms. The summed E-state index contributed by atoms with van der Waals surface area (Å²) in [5.41, 5.74) is -1.17. The van der Waals surface area contributed by atoms with Gasteiger partial charge in [0.25, 0.3) is 0 Å². The minimum Gasteiger partial charge on any atom is -0.480 e. The van der Waals surface area contributed by atoms with Crippen molar-refractivity contribution in [2.75, 3.05) is 0 Å². The summed E-state index contributed by atoms with van der Waals surface area (Å²) < 4.78 is 0. The zero-order chi connectivity index (χ0) is 10.2. The van der Waals surface area contributed by atoms with E-state index in [1.165, 1.54) is 0 Å². The first kappa shape index (κ1) is 11.6. The lowest BCUT2D eigenvalue weighted by Gasteiger charge is -2.38. The molecule has 0 bridgehead atoms. The normalized spacial score (nSPS) is 15.8. The molecule has 3 nitrogen and oxygen atoms in total. The highest BCUT2D eigenvalue weighted by Crippen LogP contribution is 2.37. The Hall–Kier alpha value is -0.353. The number of hydrogen-bond acceptors (Lipinski definition) is 2. The van der Waals surface area contributed by atoms with Gasteiger partial charge >= 0.3 is 5.97 Å². The van der Waals surface area contributed by atoms with Crippen molar-refractivity contribution in [1.29, 1.82) is 0 Å². The molecule has 0 spiro atoms. The lowest BCUT2D eigenvalue weighted by molar-refractivity contribution is -0.143. The maximum absolute atomic E-state index is 10.6. The van der Waals surface area contributed by atoms with E-state index in [1.54, 1.807) is 0 Å². The SMILES string of the molecule is CC(C)(C)[Si](C)(C)C(O)C(=O)O. The first-order valence-corrected chi connectivity index (χ1v) is 7.09. The van der Waals surface area contributed by atoms with Crippen LogP contribution in [0.15, 0.2) is 0 Å². The lowest BCUT2D eigenvalue weighted by atomic mass is 10.2. The molecule has 0 saturated heterocycles. The summed E-state index contributed by atoms with van der Waals surface area (Å²) in [4.78, 5) is 10.6. The molecule has 0 heterocycles. The van der Waals surface area contributed by atoms with Crippen molar-refractivity contribution in [3.8, 4) is 0 Å². The molecule has 0 aromatic heterocycles. The van der Waals surface area contributed by atoms with Crippen LogP contribution in [0.25, 0.3) is 0 Å². The van der Waals surface area contributed by atoms with Gasteiger partial charge in [-0.2, -0.15) is 0 Å². The molecule has 2 N–H and O–H groups in total. The minimum absolute atomic E-state index is 0.0925. The van der Waals surface area contributed by atoms with Crippen LogP contribution < -0.4 is 0 Å². The Morgan fingerprint density at radius 3 is 1.75 bits per heavy atom. The minimum atomic E-state index is -2.12. The first-order valence-electron chi connectivity index (χ1n) is 4.01. The highest BCUT2D eigenvalue weighted by atomic mass is 28.3. The topological polar surface area (TPSA) is 57.5 Å². The third-order valence-corrected chi connectivity index (χ3v) is 8.33. The molecule has 0 fully saturated rings. The molecule has 1 atom stereocenters. The molecule has 12 heavy (non-hydrogen) atoms. The summed E-state index contributed by atoms with van der Waals surface area (Å²) in [6, 6.07) is 0. The van der Waals surface area contributed by atoms with Gasteiger partial charge in [-0.1, -0.05) is 33.9 Å². The number of hydrogen-bond donors (Lipinski definition) is 2. The van der Waals surface area contributed by atoms with Crippen molar-refractivity contribution in [3.63, 3.8) is 0 Å². The predicted molar refractivity (Wildman–Crippen MR) is 50.8 cm³/mol. The Morgan fingerprint density at radius 1 is 1.33 bits per heavy atom. The first-order chi connectivity index (χ1) is 5.10. The molecule has 0 radical (unpaired) electrons. The molecule has 0 aliphatic heterocycles. The second-order valence-electron chi connectivity index (χ2n) is 4.71. The zero-order valence-electron chi connectivity index (χ0n) is 8.38. The monoisotopic (exact) mass is 190 g/mol. The summed E-state index contributed by atoms with van der Waals surface area (Å²) in [7, 11) is -2.12. The molecule has 0 saturated carbocycles. The van der Waals surface area contributed by atoms with E-state index in [1.807, 2.05) is 33.9 Å². The summed E-state index contributed by atoms with van der Waals surface area (Å²) in [6.45, 7) is 9.72. The third-order valence-electron chi connectivity index (χ3n) is 2.85. The van der Waals surface area contributed by atoms with Crippen molar-refractivity contribution in [3.05, 3.63) is 0 Å². The van der Waals surface area contributed by atoms with Crippen LogP contribution in [-0.2, 0) is 4.79 Å². The average molecular weight is 190 g/mol. The van der Waals surface area contributed by atoms with E-state index in [9.17, 15) is 9.90 Å². The van der Waals surface area contributed by atoms with Crippen LogP contribution in [0.4, 0.5) is 0 Å². The Bertz CT molecular complexity index is 181. The molecule has 0 aromatic carbocycles. The predicted octanol–water partition coefficient (Wildman–Crippen LogP) is 1.48. The van der Waals surface area contributed by atoms with E-state index in [4.69, 9.17) is 5.11 Å². The number of rotatable bonds is 2. The van der Waals surface area contributed by atoms with Gasteiger partial charge in [-0.25, -0.2) is 4.79 Å². The Labute approximate surface area is 74.4 Å². The fraction of sp³-hybridized carbons (Fsp3) is 0.875. The molecule has 72 valence electrons. The smallest absolute Gasteiger partial charge is 0.329 e. The average Bonchev–Trinajstić information content (AvgIpc) is 1.83. The van der Waals surface area contributed by atoms with Crippen molar-refractivity contribution in [1.82, 2.24) is 0 Å². The van der Waals surface area contributed by atoms with E-state index in [0.29, 0.717) is 0 Å². The van der Waals surface area contributed by atoms with Gasteiger partial charge in [0.05, 0.1) is 0 Å². The van der Waals surface area contributed by atoms with Crippen molar-refractivity contribution >= 4 is 14.0 Å². The lowest BCUT2D eigenvalue weighted by Crippen LogP contribution is -2.53. The van der Waals surface area contributed by atoms with Gasteiger partial charge in [-0.15, -0.1) is 0 Å². The largest absolute Gasteiger partial charge is 0.480 e. The van der Waals surface area contributed by atoms with Crippen LogP contribution in [0, 0.1) is 0 Å². The second-order valence-corrected chi connectivity index (χ2v) is 10.2. The van der Waals surface area contributed by atoms with Crippen LogP contribution in [0.3, 0.4) is 0 Å². The molecule has 0 amide bonds. The van der Waals surface area contributed by atoms with E-state index in [-0.39, 0.29) is 5.04 Å². The number of carboxylic acids is 1. The fourth-order valence-electron chi connectivity index (χ4n) is 0.719. The quantitative estimate of drug-likeness (QED) is 0.648. The Morgan fingerprint density at radius 2 is 1.67 bits per heavy atom. The van der Waals surface area contributed by atoms with Crippen LogP contribution in [0.5, 0.6) is 0 Å². The number of aliphatic carboxylic acids is 1. The molecule has 1 unspecified atom stereocenters. The van der Waals surface area contributed by atoms with Crippen molar-refractivity contribution in [2.45, 2.75) is 44.6 Å². The standard InChI is InChI=1S/C8H18O3Si/c1-8(2,3)12(4,5)7(11)6(9)10/h7,11H,1-5H3,(H,9,10). The number of carboxylic acid groups (broad SMARTS) is 1. The molecular weight excluding hydrogens is 172 g/mol. The van der Waals surface area contributed by atoms with Gasteiger partial charge < -0.3 is 10.2 Å². The van der Waals surface area contributed by atoms with Gasteiger partial charge in [0.15, 0.2) is 0 Å². The van der Waals surface area contributed by atoms with Gasteiger partial charge in [0, 0.05) is 0 Å². The van der Waals surface area contributed by atoms with Crippen LogP contribution in [0.1, 0.15) is 20.8 Å². The number of carbonyl (C=O) groups is 1. The van der Waals surface area contributed by atoms with Crippen LogP contribution in [0.2, 0.25) is 18.1 Å². The summed E-state index contributed by atoms with van der Waals surface area (Å²) in [5, 5.41) is 18.0. The zero-order valence-corrected chi connectivity index (χ0v) is 9.38. The van der Waals surface area contributed by atoms with E-state index >= 15 is 0 Å². The molecule has 0 rings (SSSR count). The van der Waals surface area contributed by atoms with Gasteiger partial charge in [0.1, 0.15) is 13.8 Å². The van der Waals surface area contributed by atoms with Gasteiger partial charge in [-0.3, -0.25) is 0 Å². The molecule has 0 aliphatic carbocycles. The highest BCUT2D eigenvalue weighted by Gasteiger charge is 2.45. The third kappa shape index (κ3) is 2.07. The van der Waals surface area contributed by atoms with Crippen molar-refractivity contribution in [2.24, 2.45) is 0 Å². The maximum Gasteiger partial charge on any atom is 0.329 e. The van der Waals surface area contributed by atoms with Gasteiger partial charge in [0.2, 0.25) is 0 Å². The second kappa shape index (κ2) is 3.18. The highest BCUT2D eigenvalue weighted by molar-refractivity contribution is 6.83. The number of aliphatic hydroxyl groups excluding tert-OH is 1. The van der Waals surface area contributed by atoms with E-state index < -0.39 is 19.8 Å². The molecular formula is C8H18O3Si. The summed E-state index contributed by atoms with van der Waals surface area (Å²) >= 11 is 0. The van der Waals surface area contributed by atoms with E-state index in [2.05, 4.69) is 0 Å². The van der Waals surface area contributed by atoms with Crippen molar-refractivity contribution < 1.29 is 15.0 Å². The summed E-state index contributed by atoms with van der Waals surface area (Å²) in [5.74, 6) is -1.10. The van der Waals surface area contributed by atoms with E-state index in [0.717, 1.165) is 0 Å². The maximum atomic E-state index is 10.6. The number of aliphatic hydroxyl groups is 1. The molecule has 0 aliphatic rings. The fourth-order valence-corrected chi connectivity index (χ4v) is 2.16. The van der Waals surface area contributed by atoms with Gasteiger partial charge in [-0.05, 0) is 5.04 Å².